The van der Waals surface area contributed by atoms with E-state index in [9.17, 15) is 4.79 Å². The Morgan fingerprint density at radius 2 is 1.83 bits per heavy atom. The van der Waals surface area contributed by atoms with Crippen LogP contribution in [0.4, 0.5) is 0 Å². The highest BCUT2D eigenvalue weighted by molar-refractivity contribution is 5.81. The van der Waals surface area contributed by atoms with Gasteiger partial charge in [-0.3, -0.25) is 4.79 Å². The highest BCUT2D eigenvalue weighted by Gasteiger charge is 2.36. The monoisotopic (exact) mass is 252 g/mol. The SMILES string of the molecule is CC(NC1CCCC1(C)C)C(=O)NC1CCCC1. The minimum atomic E-state index is -0.0621. The second-order valence-corrected chi connectivity index (χ2v) is 6.81. The molecule has 2 aliphatic rings. The van der Waals surface area contributed by atoms with Gasteiger partial charge < -0.3 is 10.6 Å². The molecule has 0 saturated heterocycles. The van der Waals surface area contributed by atoms with Gasteiger partial charge in [-0.25, -0.2) is 0 Å². The van der Waals surface area contributed by atoms with E-state index in [4.69, 9.17) is 0 Å². The Balaban J connectivity index is 1.79. The van der Waals surface area contributed by atoms with E-state index in [2.05, 4.69) is 24.5 Å². The summed E-state index contributed by atoms with van der Waals surface area (Å²) in [4.78, 5) is 12.1. The first kappa shape index (κ1) is 13.9. The van der Waals surface area contributed by atoms with Crippen LogP contribution in [0.25, 0.3) is 0 Å². The van der Waals surface area contributed by atoms with Gasteiger partial charge in [-0.15, -0.1) is 0 Å². The number of carbonyl (C=O) groups is 1. The van der Waals surface area contributed by atoms with Crippen molar-refractivity contribution in [2.45, 2.75) is 83.8 Å². The molecule has 18 heavy (non-hydrogen) atoms. The van der Waals surface area contributed by atoms with E-state index >= 15 is 0 Å². The Morgan fingerprint density at radius 3 is 2.39 bits per heavy atom. The zero-order valence-corrected chi connectivity index (χ0v) is 12.1. The lowest BCUT2D eigenvalue weighted by Gasteiger charge is -2.30. The number of hydrogen-bond acceptors (Lipinski definition) is 2. The Kier molecular flexibility index (Phi) is 4.31. The normalized spacial score (nSPS) is 29.4. The molecule has 104 valence electrons. The first-order valence-electron chi connectivity index (χ1n) is 7.55. The summed E-state index contributed by atoms with van der Waals surface area (Å²) in [6.45, 7) is 6.61. The molecular formula is C15H28N2O. The van der Waals surface area contributed by atoms with Crippen molar-refractivity contribution in [2.75, 3.05) is 0 Å². The lowest BCUT2D eigenvalue weighted by molar-refractivity contribution is -0.123. The van der Waals surface area contributed by atoms with Gasteiger partial charge in [-0.1, -0.05) is 33.1 Å². The predicted octanol–water partition coefficient (Wildman–Crippen LogP) is 2.60. The van der Waals surface area contributed by atoms with Crippen LogP contribution in [0.5, 0.6) is 0 Å². The van der Waals surface area contributed by atoms with Crippen LogP contribution in [0.3, 0.4) is 0 Å². The molecule has 2 saturated carbocycles. The number of rotatable bonds is 4. The summed E-state index contributed by atoms with van der Waals surface area (Å²) in [5.41, 5.74) is 0.335. The van der Waals surface area contributed by atoms with Crippen molar-refractivity contribution in [1.29, 1.82) is 0 Å². The van der Waals surface area contributed by atoms with Gasteiger partial charge in [0.05, 0.1) is 6.04 Å². The van der Waals surface area contributed by atoms with Gasteiger partial charge in [0.25, 0.3) is 0 Å². The number of amides is 1. The first-order valence-corrected chi connectivity index (χ1v) is 7.55. The Bertz CT molecular complexity index is 295. The van der Waals surface area contributed by atoms with Gasteiger partial charge in [0.15, 0.2) is 0 Å². The topological polar surface area (TPSA) is 41.1 Å². The maximum atomic E-state index is 12.1. The predicted molar refractivity (Wildman–Crippen MR) is 74.4 cm³/mol. The highest BCUT2D eigenvalue weighted by Crippen LogP contribution is 2.37. The van der Waals surface area contributed by atoms with Crippen molar-refractivity contribution in [3.05, 3.63) is 0 Å². The van der Waals surface area contributed by atoms with Crippen molar-refractivity contribution in [2.24, 2.45) is 5.41 Å². The molecule has 2 fully saturated rings. The van der Waals surface area contributed by atoms with Crippen molar-refractivity contribution in [3.8, 4) is 0 Å². The zero-order valence-electron chi connectivity index (χ0n) is 12.1. The lowest BCUT2D eigenvalue weighted by Crippen LogP contribution is -2.51. The van der Waals surface area contributed by atoms with Crippen molar-refractivity contribution >= 4 is 5.91 Å². The molecule has 3 nitrogen and oxygen atoms in total. The smallest absolute Gasteiger partial charge is 0.237 e. The fraction of sp³-hybridized carbons (Fsp3) is 0.933. The Morgan fingerprint density at radius 1 is 1.17 bits per heavy atom. The van der Waals surface area contributed by atoms with E-state index in [1.54, 1.807) is 0 Å². The first-order chi connectivity index (χ1) is 8.49. The number of carbonyl (C=O) groups excluding carboxylic acids is 1. The lowest BCUT2D eigenvalue weighted by atomic mass is 9.87. The third kappa shape index (κ3) is 3.25. The van der Waals surface area contributed by atoms with E-state index in [0.717, 1.165) is 12.8 Å². The summed E-state index contributed by atoms with van der Waals surface area (Å²) >= 11 is 0. The van der Waals surface area contributed by atoms with Gasteiger partial charge in [0.2, 0.25) is 5.91 Å². The molecule has 2 rings (SSSR count). The minimum Gasteiger partial charge on any atom is -0.352 e. The largest absolute Gasteiger partial charge is 0.352 e. The van der Waals surface area contributed by atoms with Crippen LogP contribution >= 0.6 is 0 Å². The fourth-order valence-corrected chi connectivity index (χ4v) is 3.41. The maximum Gasteiger partial charge on any atom is 0.237 e. The molecule has 0 aromatic heterocycles. The van der Waals surface area contributed by atoms with Crippen molar-refractivity contribution < 1.29 is 4.79 Å². The van der Waals surface area contributed by atoms with Crippen molar-refractivity contribution in [3.63, 3.8) is 0 Å². The molecule has 0 bridgehead atoms. The molecule has 3 heteroatoms. The van der Waals surface area contributed by atoms with Gasteiger partial charge in [-0.2, -0.15) is 0 Å². The average molecular weight is 252 g/mol. The van der Waals surface area contributed by atoms with Crippen LogP contribution < -0.4 is 10.6 Å². The van der Waals surface area contributed by atoms with Gasteiger partial charge in [-0.05, 0) is 38.0 Å². The molecule has 2 N–H and O–H groups in total. The Hall–Kier alpha value is -0.570. The summed E-state index contributed by atoms with van der Waals surface area (Å²) in [5.74, 6) is 0.185. The zero-order chi connectivity index (χ0) is 13.2. The molecule has 2 atom stereocenters. The summed E-state index contributed by atoms with van der Waals surface area (Å²) in [6, 6.07) is 0.855. The third-order valence-electron chi connectivity index (χ3n) is 4.80. The second-order valence-electron chi connectivity index (χ2n) is 6.81. The summed E-state index contributed by atoms with van der Waals surface area (Å²) in [5, 5.41) is 6.71. The van der Waals surface area contributed by atoms with Crippen molar-refractivity contribution in [1.82, 2.24) is 10.6 Å². The molecule has 0 radical (unpaired) electrons. The van der Waals surface area contributed by atoms with Crippen LogP contribution in [0.1, 0.15) is 65.7 Å². The minimum absolute atomic E-state index is 0.0621. The highest BCUT2D eigenvalue weighted by atomic mass is 16.2. The van der Waals surface area contributed by atoms with Gasteiger partial charge in [0, 0.05) is 12.1 Å². The average Bonchev–Trinajstić information content (AvgIpc) is 2.89. The van der Waals surface area contributed by atoms with E-state index in [-0.39, 0.29) is 11.9 Å². The molecule has 0 aromatic carbocycles. The van der Waals surface area contributed by atoms with Crippen LogP contribution in [0.15, 0.2) is 0 Å². The summed E-state index contributed by atoms with van der Waals surface area (Å²) < 4.78 is 0. The van der Waals surface area contributed by atoms with Gasteiger partial charge >= 0.3 is 0 Å². The van der Waals surface area contributed by atoms with Crippen LogP contribution in [-0.4, -0.2) is 24.0 Å². The maximum absolute atomic E-state index is 12.1. The standard InChI is InChI=1S/C15H28N2O/c1-11(14(18)17-12-7-4-5-8-12)16-13-9-6-10-15(13,2)3/h11-13,16H,4-10H2,1-3H3,(H,17,18). The molecule has 0 spiro atoms. The summed E-state index contributed by atoms with van der Waals surface area (Å²) in [6.07, 6.45) is 8.60. The fourth-order valence-electron chi connectivity index (χ4n) is 3.41. The number of hydrogen-bond donors (Lipinski definition) is 2. The molecular weight excluding hydrogens is 224 g/mol. The molecule has 0 aliphatic heterocycles. The van der Waals surface area contributed by atoms with E-state index in [1.807, 2.05) is 6.92 Å². The molecule has 2 aliphatic carbocycles. The van der Waals surface area contributed by atoms with E-state index < -0.39 is 0 Å². The van der Waals surface area contributed by atoms with E-state index in [1.165, 1.54) is 32.1 Å². The quantitative estimate of drug-likeness (QED) is 0.807. The third-order valence-corrected chi connectivity index (χ3v) is 4.80. The summed E-state index contributed by atoms with van der Waals surface area (Å²) in [7, 11) is 0. The van der Waals surface area contributed by atoms with Crippen LogP contribution in [0, 0.1) is 5.41 Å². The second kappa shape index (κ2) is 5.60. The van der Waals surface area contributed by atoms with Crippen LogP contribution in [0.2, 0.25) is 0 Å². The number of nitrogens with one attached hydrogen (secondary N) is 2. The van der Waals surface area contributed by atoms with Gasteiger partial charge in [0.1, 0.15) is 0 Å². The van der Waals surface area contributed by atoms with E-state index in [0.29, 0.717) is 17.5 Å². The van der Waals surface area contributed by atoms with Crippen LogP contribution in [-0.2, 0) is 4.79 Å². The molecule has 2 unspecified atom stereocenters. The Labute approximate surface area is 111 Å². The molecule has 0 heterocycles. The molecule has 1 amide bonds. The molecule has 0 aromatic rings.